The highest BCUT2D eigenvalue weighted by atomic mass is 19.1. The van der Waals surface area contributed by atoms with Gasteiger partial charge in [0.25, 0.3) is 5.91 Å². The molecule has 0 heterocycles. The van der Waals surface area contributed by atoms with Crippen molar-refractivity contribution >= 4 is 23.5 Å². The zero-order chi connectivity index (χ0) is 15.3. The number of carboxylic acid groups (broad SMARTS) is 1. The van der Waals surface area contributed by atoms with Crippen molar-refractivity contribution < 1.29 is 28.6 Å². The van der Waals surface area contributed by atoms with Crippen molar-refractivity contribution in [1.82, 2.24) is 0 Å². The lowest BCUT2D eigenvalue weighted by Crippen LogP contribution is -2.43. The number of carbonyl (C=O) groups excluding carboxylic acids is 2. The second-order valence-electron chi connectivity index (χ2n) is 3.71. The highest BCUT2D eigenvalue weighted by Gasteiger charge is 2.25. The van der Waals surface area contributed by atoms with E-state index in [1.54, 1.807) is 0 Å². The Morgan fingerprint density at radius 3 is 2.65 bits per heavy atom. The predicted molar refractivity (Wildman–Crippen MR) is 66.6 cm³/mol. The van der Waals surface area contributed by atoms with E-state index in [1.807, 2.05) is 0 Å². The number of carboxylic acids is 1. The Morgan fingerprint density at radius 2 is 2.10 bits per heavy atom. The van der Waals surface area contributed by atoms with Gasteiger partial charge in [-0.2, -0.15) is 0 Å². The molecule has 1 unspecified atom stereocenters. The number of esters is 1. The van der Waals surface area contributed by atoms with Crippen LogP contribution in [0, 0.1) is 5.82 Å². The Hall–Kier alpha value is -2.48. The summed E-state index contributed by atoms with van der Waals surface area (Å²) in [5.74, 6) is -4.05. The first-order valence-corrected chi connectivity index (χ1v) is 5.62. The summed E-state index contributed by atoms with van der Waals surface area (Å²) in [7, 11) is 0. The Labute approximate surface area is 113 Å². The van der Waals surface area contributed by atoms with E-state index < -0.39 is 29.7 Å². The van der Waals surface area contributed by atoms with Gasteiger partial charge >= 0.3 is 11.9 Å². The number of nitrogens with two attached hydrogens (primary N) is 1. The molecule has 1 rings (SSSR count). The molecular weight excluding hydrogens is 271 g/mol. The fraction of sp³-hybridized carbons (Fsp3) is 0.250. The lowest BCUT2D eigenvalue weighted by atomic mass is 10.1. The number of anilines is 1. The first kappa shape index (κ1) is 15.6. The maximum atomic E-state index is 13.1. The summed E-state index contributed by atoms with van der Waals surface area (Å²) in [6, 6.07) is 1.12. The number of aromatic carboxylic acids is 1. The van der Waals surface area contributed by atoms with Gasteiger partial charge in [0.15, 0.2) is 6.04 Å². The Bertz CT molecular complexity index is 547. The van der Waals surface area contributed by atoms with Gasteiger partial charge in [0.05, 0.1) is 17.9 Å². The Balaban J connectivity index is 2.92. The van der Waals surface area contributed by atoms with Crippen molar-refractivity contribution in [2.45, 2.75) is 13.0 Å². The van der Waals surface area contributed by atoms with Crippen molar-refractivity contribution in [3.8, 4) is 0 Å². The number of nitrogens with one attached hydrogen (secondary N) is 1. The maximum Gasteiger partial charge on any atom is 0.337 e. The van der Waals surface area contributed by atoms with Crippen LogP contribution in [0.2, 0.25) is 0 Å². The number of amides is 1. The normalized spacial score (nSPS) is 11.6. The minimum atomic E-state index is -1.63. The molecular formula is C12H13FN2O5. The van der Waals surface area contributed by atoms with Crippen LogP contribution in [-0.4, -0.2) is 35.6 Å². The summed E-state index contributed by atoms with van der Waals surface area (Å²) in [6.45, 7) is 1.58. The molecule has 0 saturated heterocycles. The van der Waals surface area contributed by atoms with Crippen molar-refractivity contribution in [2.75, 3.05) is 11.9 Å². The van der Waals surface area contributed by atoms with Crippen LogP contribution in [-0.2, 0) is 14.3 Å². The van der Waals surface area contributed by atoms with Gasteiger partial charge in [-0.1, -0.05) is 0 Å². The fourth-order valence-electron chi connectivity index (χ4n) is 1.36. The third-order valence-electron chi connectivity index (χ3n) is 2.29. The molecule has 4 N–H and O–H groups in total. The smallest absolute Gasteiger partial charge is 0.337 e. The summed E-state index contributed by atoms with van der Waals surface area (Å²) in [6.07, 6.45) is 0. The first-order valence-electron chi connectivity index (χ1n) is 5.62. The Kier molecular flexibility index (Phi) is 5.15. The molecule has 1 aromatic rings. The van der Waals surface area contributed by atoms with Crippen molar-refractivity contribution in [2.24, 2.45) is 5.73 Å². The van der Waals surface area contributed by atoms with Gasteiger partial charge in [-0.15, -0.1) is 0 Å². The zero-order valence-corrected chi connectivity index (χ0v) is 10.6. The summed E-state index contributed by atoms with van der Waals surface area (Å²) in [4.78, 5) is 33.8. The molecule has 0 bridgehead atoms. The molecule has 1 amide bonds. The summed E-state index contributed by atoms with van der Waals surface area (Å²) < 4.78 is 17.6. The van der Waals surface area contributed by atoms with Crippen LogP contribution in [0.4, 0.5) is 10.1 Å². The first-order chi connectivity index (χ1) is 9.36. The monoisotopic (exact) mass is 284 g/mol. The van der Waals surface area contributed by atoms with Crippen molar-refractivity contribution in [1.29, 1.82) is 0 Å². The van der Waals surface area contributed by atoms with Crippen LogP contribution in [0.3, 0.4) is 0 Å². The molecule has 108 valence electrons. The van der Waals surface area contributed by atoms with Gasteiger partial charge in [-0.3, -0.25) is 4.79 Å². The lowest BCUT2D eigenvalue weighted by Gasteiger charge is -2.12. The molecule has 20 heavy (non-hydrogen) atoms. The minimum Gasteiger partial charge on any atom is -0.478 e. The van der Waals surface area contributed by atoms with E-state index >= 15 is 0 Å². The van der Waals surface area contributed by atoms with Gasteiger partial charge in [-0.05, 0) is 25.1 Å². The van der Waals surface area contributed by atoms with Crippen LogP contribution in [0.25, 0.3) is 0 Å². The van der Waals surface area contributed by atoms with E-state index in [-0.39, 0.29) is 17.9 Å². The van der Waals surface area contributed by atoms with Crippen LogP contribution >= 0.6 is 0 Å². The molecule has 0 aliphatic carbocycles. The second-order valence-corrected chi connectivity index (χ2v) is 3.71. The van der Waals surface area contributed by atoms with Crippen LogP contribution < -0.4 is 11.1 Å². The van der Waals surface area contributed by atoms with Gasteiger partial charge in [-0.25, -0.2) is 14.0 Å². The summed E-state index contributed by atoms with van der Waals surface area (Å²) in [5.41, 5.74) is 4.72. The van der Waals surface area contributed by atoms with E-state index in [2.05, 4.69) is 10.1 Å². The molecule has 1 atom stereocenters. The molecule has 7 nitrogen and oxygen atoms in total. The standard InChI is InChI=1S/C12H13FN2O5/c1-2-20-12(19)9(14)10(16)15-8-5-6(13)3-4-7(8)11(17)18/h3-5,9H,2,14H2,1H3,(H,15,16)(H,17,18). The topological polar surface area (TPSA) is 119 Å². The SMILES string of the molecule is CCOC(=O)C(N)C(=O)Nc1cc(F)ccc1C(=O)O. The van der Waals surface area contributed by atoms with E-state index in [9.17, 15) is 18.8 Å². The molecule has 0 saturated carbocycles. The third-order valence-corrected chi connectivity index (χ3v) is 2.29. The number of halogens is 1. The largest absolute Gasteiger partial charge is 0.478 e. The molecule has 1 aromatic carbocycles. The average molecular weight is 284 g/mol. The number of hydrogen-bond donors (Lipinski definition) is 3. The number of carbonyl (C=O) groups is 3. The van der Waals surface area contributed by atoms with Crippen LogP contribution in [0.15, 0.2) is 18.2 Å². The second kappa shape index (κ2) is 6.62. The van der Waals surface area contributed by atoms with E-state index in [0.717, 1.165) is 18.2 Å². The quantitative estimate of drug-likeness (QED) is 0.530. The van der Waals surface area contributed by atoms with E-state index in [1.165, 1.54) is 6.92 Å². The summed E-state index contributed by atoms with van der Waals surface area (Å²) in [5, 5.41) is 11.0. The molecule has 0 aliphatic rings. The minimum absolute atomic E-state index is 0.0418. The van der Waals surface area contributed by atoms with Crippen molar-refractivity contribution in [3.05, 3.63) is 29.6 Å². The molecule has 0 radical (unpaired) electrons. The molecule has 0 fully saturated rings. The van der Waals surface area contributed by atoms with Gasteiger partial charge < -0.3 is 20.9 Å². The Morgan fingerprint density at radius 1 is 1.45 bits per heavy atom. The van der Waals surface area contributed by atoms with Gasteiger partial charge in [0.1, 0.15) is 5.82 Å². The van der Waals surface area contributed by atoms with Crippen LogP contribution in [0.5, 0.6) is 0 Å². The highest BCUT2D eigenvalue weighted by Crippen LogP contribution is 2.17. The molecule has 0 aliphatic heterocycles. The maximum absolute atomic E-state index is 13.1. The zero-order valence-electron chi connectivity index (χ0n) is 10.6. The van der Waals surface area contributed by atoms with E-state index in [4.69, 9.17) is 10.8 Å². The number of ether oxygens (including phenoxy) is 1. The van der Waals surface area contributed by atoms with E-state index in [0.29, 0.717) is 0 Å². The molecule has 8 heteroatoms. The fourth-order valence-corrected chi connectivity index (χ4v) is 1.36. The number of hydrogen-bond acceptors (Lipinski definition) is 5. The van der Waals surface area contributed by atoms with Crippen molar-refractivity contribution in [3.63, 3.8) is 0 Å². The third kappa shape index (κ3) is 3.75. The average Bonchev–Trinajstić information content (AvgIpc) is 2.37. The summed E-state index contributed by atoms with van der Waals surface area (Å²) >= 11 is 0. The molecule has 0 aromatic heterocycles. The van der Waals surface area contributed by atoms with Gasteiger partial charge in [0, 0.05) is 0 Å². The number of rotatable bonds is 5. The predicted octanol–water partition coefficient (Wildman–Crippen LogP) is 0.353. The number of benzene rings is 1. The lowest BCUT2D eigenvalue weighted by molar-refractivity contribution is -0.146. The van der Waals surface area contributed by atoms with Gasteiger partial charge in [0.2, 0.25) is 0 Å². The van der Waals surface area contributed by atoms with Crippen LogP contribution in [0.1, 0.15) is 17.3 Å². The molecule has 0 spiro atoms. The highest BCUT2D eigenvalue weighted by molar-refractivity contribution is 6.10.